The van der Waals surface area contributed by atoms with Gasteiger partial charge in [-0.15, -0.1) is 0 Å². The van der Waals surface area contributed by atoms with E-state index in [2.05, 4.69) is 5.32 Å². The van der Waals surface area contributed by atoms with Crippen LogP contribution in [0.15, 0.2) is 46.8 Å². The number of Topliss-reactive ketones (excluding diaryl/α,β-unsaturated/α-hetero) is 1. The van der Waals surface area contributed by atoms with Crippen LogP contribution in [0.5, 0.6) is 5.75 Å². The van der Waals surface area contributed by atoms with Gasteiger partial charge in [-0.25, -0.2) is 4.79 Å². The van der Waals surface area contributed by atoms with Crippen LogP contribution in [0.4, 0.5) is 0 Å². The molecule has 1 aromatic carbocycles. The number of aromatic hydroxyl groups is 1. The number of phenols is 1. The first-order chi connectivity index (χ1) is 11.0. The lowest BCUT2D eigenvalue weighted by Gasteiger charge is -2.34. The highest BCUT2D eigenvalue weighted by molar-refractivity contribution is 6.03. The molecule has 5 nitrogen and oxygen atoms in total. The standard InChI is InChI=1S/C18H19NO4/c1-10-15(18(22)23-2)16(11-5-3-6-12(20)9-11)17-13(19-10)7-4-8-14(17)21/h3,5-6,9,16,19-20H,4,7-8H2,1-2H3/t16-/m0/s1. The number of phenolic OH excluding ortho intramolecular Hbond substituents is 1. The van der Waals surface area contributed by atoms with Crippen LogP contribution in [-0.2, 0) is 14.3 Å². The largest absolute Gasteiger partial charge is 0.508 e. The van der Waals surface area contributed by atoms with Gasteiger partial charge >= 0.3 is 5.97 Å². The predicted octanol–water partition coefficient (Wildman–Crippen LogP) is 2.53. The monoisotopic (exact) mass is 313 g/mol. The predicted molar refractivity (Wildman–Crippen MR) is 84.6 cm³/mol. The summed E-state index contributed by atoms with van der Waals surface area (Å²) in [5, 5.41) is 13.0. The second-order valence-corrected chi connectivity index (χ2v) is 5.85. The van der Waals surface area contributed by atoms with Crippen molar-refractivity contribution in [2.45, 2.75) is 32.1 Å². The Balaban J connectivity index is 2.20. The number of dihydropyridines is 1. The van der Waals surface area contributed by atoms with E-state index in [1.807, 2.05) is 13.0 Å². The van der Waals surface area contributed by atoms with Crippen molar-refractivity contribution < 1.29 is 19.4 Å². The highest BCUT2D eigenvalue weighted by atomic mass is 16.5. The van der Waals surface area contributed by atoms with Crippen LogP contribution in [0.3, 0.4) is 0 Å². The summed E-state index contributed by atoms with van der Waals surface area (Å²) in [5.74, 6) is -0.818. The fourth-order valence-corrected chi connectivity index (χ4v) is 3.40. The van der Waals surface area contributed by atoms with E-state index in [-0.39, 0.29) is 11.5 Å². The SMILES string of the molecule is COC(=O)C1=C(C)NC2=C(C(=O)CCC2)[C@H]1c1cccc(O)c1. The van der Waals surface area contributed by atoms with Crippen molar-refractivity contribution in [1.29, 1.82) is 0 Å². The molecule has 0 saturated heterocycles. The molecule has 0 bridgehead atoms. The minimum Gasteiger partial charge on any atom is -0.508 e. The minimum atomic E-state index is -0.501. The molecule has 23 heavy (non-hydrogen) atoms. The number of hydrogen-bond donors (Lipinski definition) is 2. The Hall–Kier alpha value is -2.56. The number of carbonyl (C=O) groups excluding carboxylic acids is 2. The molecule has 0 amide bonds. The molecule has 1 aliphatic carbocycles. The van der Waals surface area contributed by atoms with Crippen LogP contribution < -0.4 is 5.32 Å². The highest BCUT2D eigenvalue weighted by Gasteiger charge is 2.38. The average molecular weight is 313 g/mol. The summed E-state index contributed by atoms with van der Waals surface area (Å²) in [7, 11) is 1.33. The third-order valence-electron chi connectivity index (χ3n) is 4.38. The summed E-state index contributed by atoms with van der Waals surface area (Å²) in [6.07, 6.45) is 2.06. The summed E-state index contributed by atoms with van der Waals surface area (Å²) in [5.41, 5.74) is 3.33. The molecule has 0 spiro atoms. The van der Waals surface area contributed by atoms with E-state index in [4.69, 9.17) is 4.74 Å². The van der Waals surface area contributed by atoms with Crippen molar-refractivity contribution in [3.63, 3.8) is 0 Å². The van der Waals surface area contributed by atoms with E-state index in [9.17, 15) is 14.7 Å². The zero-order valence-corrected chi connectivity index (χ0v) is 13.2. The number of carbonyl (C=O) groups is 2. The lowest BCUT2D eigenvalue weighted by atomic mass is 9.75. The summed E-state index contributed by atoms with van der Waals surface area (Å²) in [6, 6.07) is 6.69. The van der Waals surface area contributed by atoms with E-state index in [1.165, 1.54) is 7.11 Å². The summed E-state index contributed by atoms with van der Waals surface area (Å²) in [6.45, 7) is 1.81. The first-order valence-electron chi connectivity index (χ1n) is 7.64. The fourth-order valence-electron chi connectivity index (χ4n) is 3.40. The summed E-state index contributed by atoms with van der Waals surface area (Å²) < 4.78 is 4.92. The Kier molecular flexibility index (Phi) is 3.94. The molecule has 1 atom stereocenters. The molecule has 0 radical (unpaired) electrons. The van der Waals surface area contributed by atoms with Gasteiger partial charge in [0.2, 0.25) is 0 Å². The number of ether oxygens (including phenoxy) is 1. The van der Waals surface area contributed by atoms with Crippen molar-refractivity contribution in [3.8, 4) is 5.75 Å². The van der Waals surface area contributed by atoms with E-state index >= 15 is 0 Å². The molecule has 0 aromatic heterocycles. The lowest BCUT2D eigenvalue weighted by Crippen LogP contribution is -2.34. The van der Waals surface area contributed by atoms with Gasteiger partial charge in [-0.2, -0.15) is 0 Å². The van der Waals surface area contributed by atoms with Gasteiger partial charge in [-0.3, -0.25) is 4.79 Å². The van der Waals surface area contributed by atoms with E-state index in [0.29, 0.717) is 28.8 Å². The third-order valence-corrected chi connectivity index (χ3v) is 4.38. The summed E-state index contributed by atoms with van der Waals surface area (Å²) >= 11 is 0. The van der Waals surface area contributed by atoms with Crippen LogP contribution in [0.25, 0.3) is 0 Å². The molecule has 0 fully saturated rings. The molecule has 120 valence electrons. The van der Waals surface area contributed by atoms with E-state index in [0.717, 1.165) is 18.5 Å². The molecule has 3 rings (SSSR count). The van der Waals surface area contributed by atoms with Gasteiger partial charge in [0, 0.05) is 29.3 Å². The minimum absolute atomic E-state index is 0.0426. The van der Waals surface area contributed by atoms with Crippen molar-refractivity contribution in [2.24, 2.45) is 0 Å². The molecule has 1 aliphatic heterocycles. The average Bonchev–Trinajstić information content (AvgIpc) is 2.53. The Morgan fingerprint density at radius 1 is 1.35 bits per heavy atom. The molecular formula is C18H19NO4. The van der Waals surface area contributed by atoms with Gasteiger partial charge in [0.05, 0.1) is 12.7 Å². The Bertz CT molecular complexity index is 745. The molecule has 5 heteroatoms. The van der Waals surface area contributed by atoms with E-state index in [1.54, 1.807) is 18.2 Å². The maximum Gasteiger partial charge on any atom is 0.336 e. The number of nitrogens with one attached hydrogen (secondary N) is 1. The Morgan fingerprint density at radius 3 is 2.83 bits per heavy atom. The normalized spacial score (nSPS) is 21.0. The maximum absolute atomic E-state index is 12.5. The number of methoxy groups -OCH3 is 1. The number of hydrogen-bond acceptors (Lipinski definition) is 5. The quantitative estimate of drug-likeness (QED) is 0.821. The molecular weight excluding hydrogens is 294 g/mol. The van der Waals surface area contributed by atoms with Crippen LogP contribution in [0.2, 0.25) is 0 Å². The number of benzene rings is 1. The lowest BCUT2D eigenvalue weighted by molar-refractivity contribution is -0.136. The van der Waals surface area contributed by atoms with Gasteiger partial charge in [0.25, 0.3) is 0 Å². The zero-order valence-electron chi connectivity index (χ0n) is 13.2. The Morgan fingerprint density at radius 2 is 2.13 bits per heavy atom. The highest BCUT2D eigenvalue weighted by Crippen LogP contribution is 2.42. The topological polar surface area (TPSA) is 75.6 Å². The van der Waals surface area contributed by atoms with Crippen molar-refractivity contribution >= 4 is 11.8 Å². The second kappa shape index (κ2) is 5.91. The Labute approximate surface area is 134 Å². The van der Waals surface area contributed by atoms with Gasteiger partial charge in [-0.1, -0.05) is 12.1 Å². The smallest absolute Gasteiger partial charge is 0.336 e. The molecule has 2 aliphatic rings. The molecule has 1 heterocycles. The van der Waals surface area contributed by atoms with Crippen LogP contribution >= 0.6 is 0 Å². The van der Waals surface area contributed by atoms with Crippen LogP contribution in [0.1, 0.15) is 37.7 Å². The number of rotatable bonds is 2. The second-order valence-electron chi connectivity index (χ2n) is 5.85. The fraction of sp³-hybridized carbons (Fsp3) is 0.333. The van der Waals surface area contributed by atoms with Crippen molar-refractivity contribution in [1.82, 2.24) is 5.32 Å². The van der Waals surface area contributed by atoms with Crippen LogP contribution in [0, 0.1) is 0 Å². The van der Waals surface area contributed by atoms with Gasteiger partial charge in [-0.05, 0) is 37.5 Å². The van der Waals surface area contributed by atoms with Gasteiger partial charge in [0.1, 0.15) is 5.75 Å². The van der Waals surface area contributed by atoms with Crippen LogP contribution in [-0.4, -0.2) is 24.0 Å². The summed E-state index contributed by atoms with van der Waals surface area (Å²) in [4.78, 5) is 24.8. The molecule has 2 N–H and O–H groups in total. The molecule has 0 saturated carbocycles. The molecule has 0 unspecified atom stereocenters. The van der Waals surface area contributed by atoms with Gasteiger partial charge < -0.3 is 15.2 Å². The zero-order chi connectivity index (χ0) is 16.6. The number of esters is 1. The first kappa shape index (κ1) is 15.3. The maximum atomic E-state index is 12.5. The van der Waals surface area contributed by atoms with Gasteiger partial charge in [0.15, 0.2) is 5.78 Å². The number of allylic oxidation sites excluding steroid dienone is 3. The first-order valence-corrected chi connectivity index (χ1v) is 7.64. The van der Waals surface area contributed by atoms with Crippen molar-refractivity contribution in [3.05, 3.63) is 52.4 Å². The van der Waals surface area contributed by atoms with Crippen molar-refractivity contribution in [2.75, 3.05) is 7.11 Å². The van der Waals surface area contributed by atoms with E-state index < -0.39 is 11.9 Å². The number of ketones is 1. The molecule has 1 aromatic rings. The third kappa shape index (κ3) is 2.63.